The van der Waals surface area contributed by atoms with Gasteiger partial charge in [0.15, 0.2) is 0 Å². The molecule has 19 heavy (non-hydrogen) atoms. The summed E-state index contributed by atoms with van der Waals surface area (Å²) in [5, 5.41) is 2.73. The molecule has 2 amide bonds. The molecule has 1 N–H and O–H groups in total. The first-order chi connectivity index (χ1) is 9.02. The van der Waals surface area contributed by atoms with E-state index in [1.807, 2.05) is 19.1 Å². The van der Waals surface area contributed by atoms with E-state index in [9.17, 15) is 9.59 Å². The lowest BCUT2D eigenvalue weighted by molar-refractivity contribution is -0.148. The first-order valence-corrected chi connectivity index (χ1v) is 7.99. The van der Waals surface area contributed by atoms with Crippen LogP contribution >= 0.6 is 27.3 Å². The zero-order valence-corrected chi connectivity index (χ0v) is 13.4. The summed E-state index contributed by atoms with van der Waals surface area (Å²) in [4.78, 5) is 27.0. The van der Waals surface area contributed by atoms with Crippen LogP contribution in [0.1, 0.15) is 25.1 Å². The van der Waals surface area contributed by atoms with Crippen LogP contribution < -0.4 is 5.32 Å². The second-order valence-corrected chi connectivity index (χ2v) is 7.19. The fourth-order valence-corrected chi connectivity index (χ4v) is 3.78. The Bertz CT molecular complexity index is 489. The molecule has 2 atom stereocenters. The predicted octanol–water partition coefficient (Wildman–Crippen LogP) is 2.18. The lowest BCUT2D eigenvalue weighted by Crippen LogP contribution is -2.62. The molecular weight excluding hydrogens is 328 g/mol. The van der Waals surface area contributed by atoms with Gasteiger partial charge in [-0.2, -0.15) is 0 Å². The van der Waals surface area contributed by atoms with Crippen molar-refractivity contribution in [3.63, 3.8) is 0 Å². The lowest BCUT2D eigenvalue weighted by atomic mass is 10.1. The van der Waals surface area contributed by atoms with Crippen molar-refractivity contribution in [2.75, 3.05) is 6.54 Å². The van der Waals surface area contributed by atoms with Crippen molar-refractivity contribution in [2.45, 2.75) is 38.8 Å². The zero-order valence-electron chi connectivity index (χ0n) is 11.0. The van der Waals surface area contributed by atoms with Gasteiger partial charge in [0.05, 0.1) is 3.79 Å². The van der Waals surface area contributed by atoms with Crippen LogP contribution in [-0.4, -0.2) is 35.3 Å². The number of amides is 2. The van der Waals surface area contributed by atoms with Gasteiger partial charge in [-0.25, -0.2) is 0 Å². The largest absolute Gasteiger partial charge is 0.343 e. The highest BCUT2D eigenvalue weighted by Gasteiger charge is 2.36. The van der Waals surface area contributed by atoms with Crippen molar-refractivity contribution >= 4 is 39.1 Å². The van der Waals surface area contributed by atoms with Crippen LogP contribution in [0.15, 0.2) is 15.9 Å². The van der Waals surface area contributed by atoms with Crippen LogP contribution in [-0.2, 0) is 16.0 Å². The molecule has 1 aromatic heterocycles. The van der Waals surface area contributed by atoms with E-state index in [2.05, 4.69) is 21.2 Å². The van der Waals surface area contributed by atoms with E-state index < -0.39 is 6.04 Å². The standard InChI is InChI=1S/C13H17BrN2O2S/c1-3-10-12(17)15-8(2)13(18)16(10)7-6-9-4-5-11(14)19-9/h4-5,8,10H,3,6-7H2,1-2H3,(H,15,17). The Hall–Kier alpha value is -0.880. The molecular formula is C13H17BrN2O2S. The average molecular weight is 345 g/mol. The summed E-state index contributed by atoms with van der Waals surface area (Å²) in [5.74, 6) is -0.0240. The molecule has 1 aliphatic heterocycles. The van der Waals surface area contributed by atoms with Gasteiger partial charge in [0, 0.05) is 11.4 Å². The number of nitrogens with zero attached hydrogens (tertiary/aromatic N) is 1. The molecule has 0 spiro atoms. The van der Waals surface area contributed by atoms with Crippen LogP contribution in [0.25, 0.3) is 0 Å². The van der Waals surface area contributed by atoms with Gasteiger partial charge in [-0.15, -0.1) is 11.3 Å². The SMILES string of the molecule is CCC1C(=O)NC(C)C(=O)N1CCc1ccc(Br)s1. The van der Waals surface area contributed by atoms with Gasteiger partial charge in [-0.1, -0.05) is 6.92 Å². The first kappa shape index (κ1) is 14.5. The Balaban J connectivity index is 2.06. The number of rotatable bonds is 4. The number of carbonyl (C=O) groups excluding carboxylic acids is 2. The van der Waals surface area contributed by atoms with Crippen LogP contribution in [0, 0.1) is 0 Å². The summed E-state index contributed by atoms with van der Waals surface area (Å²) in [6, 6.07) is 3.32. The van der Waals surface area contributed by atoms with E-state index >= 15 is 0 Å². The number of carbonyl (C=O) groups is 2. The molecule has 2 heterocycles. The smallest absolute Gasteiger partial charge is 0.245 e. The molecule has 0 saturated carbocycles. The Morgan fingerprint density at radius 1 is 1.42 bits per heavy atom. The minimum Gasteiger partial charge on any atom is -0.343 e. The topological polar surface area (TPSA) is 49.4 Å². The van der Waals surface area contributed by atoms with Crippen molar-refractivity contribution in [1.82, 2.24) is 10.2 Å². The molecule has 2 rings (SSSR count). The van der Waals surface area contributed by atoms with E-state index in [4.69, 9.17) is 0 Å². The third kappa shape index (κ3) is 3.17. The minimum atomic E-state index is -0.412. The summed E-state index contributed by atoms with van der Waals surface area (Å²) in [6.07, 6.45) is 1.44. The summed E-state index contributed by atoms with van der Waals surface area (Å²) in [6.45, 7) is 4.27. The quantitative estimate of drug-likeness (QED) is 0.909. The molecule has 0 bridgehead atoms. The summed E-state index contributed by atoms with van der Waals surface area (Å²) in [7, 11) is 0. The van der Waals surface area contributed by atoms with Gasteiger partial charge >= 0.3 is 0 Å². The molecule has 1 aromatic rings. The van der Waals surface area contributed by atoms with E-state index in [1.54, 1.807) is 23.2 Å². The predicted molar refractivity (Wildman–Crippen MR) is 79.1 cm³/mol. The number of hydrogen-bond acceptors (Lipinski definition) is 3. The number of piperazine rings is 1. The molecule has 1 fully saturated rings. The maximum absolute atomic E-state index is 12.2. The van der Waals surface area contributed by atoms with Gasteiger partial charge in [0.2, 0.25) is 11.8 Å². The third-order valence-electron chi connectivity index (χ3n) is 3.31. The molecule has 2 unspecified atom stereocenters. The molecule has 104 valence electrons. The van der Waals surface area contributed by atoms with Crippen molar-refractivity contribution in [3.05, 3.63) is 20.8 Å². The Labute approximate surface area is 125 Å². The van der Waals surface area contributed by atoms with Gasteiger partial charge in [0.25, 0.3) is 0 Å². The number of thiophene rings is 1. The Morgan fingerprint density at radius 3 is 2.74 bits per heavy atom. The summed E-state index contributed by atoms with van der Waals surface area (Å²) < 4.78 is 1.09. The average Bonchev–Trinajstić information content (AvgIpc) is 2.78. The minimum absolute atomic E-state index is 0.0158. The number of halogens is 1. The highest BCUT2D eigenvalue weighted by atomic mass is 79.9. The maximum atomic E-state index is 12.2. The van der Waals surface area contributed by atoms with Crippen molar-refractivity contribution in [2.24, 2.45) is 0 Å². The highest BCUT2D eigenvalue weighted by molar-refractivity contribution is 9.11. The Morgan fingerprint density at radius 2 is 2.16 bits per heavy atom. The van der Waals surface area contributed by atoms with Gasteiger partial charge in [-0.3, -0.25) is 9.59 Å². The number of hydrogen-bond donors (Lipinski definition) is 1. The first-order valence-electron chi connectivity index (χ1n) is 6.38. The third-order valence-corrected chi connectivity index (χ3v) is 4.99. The summed E-state index contributed by atoms with van der Waals surface area (Å²) in [5.41, 5.74) is 0. The molecule has 0 radical (unpaired) electrons. The fourth-order valence-electron chi connectivity index (χ4n) is 2.30. The second kappa shape index (κ2) is 6.05. The monoisotopic (exact) mass is 344 g/mol. The molecule has 4 nitrogen and oxygen atoms in total. The van der Waals surface area contributed by atoms with Crippen molar-refractivity contribution < 1.29 is 9.59 Å². The normalized spacial score (nSPS) is 23.6. The molecule has 1 aliphatic rings. The molecule has 0 aliphatic carbocycles. The second-order valence-electron chi connectivity index (χ2n) is 4.64. The van der Waals surface area contributed by atoms with Gasteiger partial charge < -0.3 is 10.2 Å². The molecule has 6 heteroatoms. The van der Waals surface area contributed by atoms with E-state index in [1.165, 1.54) is 4.88 Å². The van der Waals surface area contributed by atoms with Crippen LogP contribution in [0.4, 0.5) is 0 Å². The molecule has 0 aromatic carbocycles. The van der Waals surface area contributed by atoms with Crippen LogP contribution in [0.3, 0.4) is 0 Å². The number of nitrogens with one attached hydrogen (secondary N) is 1. The van der Waals surface area contributed by atoms with E-state index in [-0.39, 0.29) is 17.9 Å². The van der Waals surface area contributed by atoms with Crippen molar-refractivity contribution in [1.29, 1.82) is 0 Å². The lowest BCUT2D eigenvalue weighted by Gasteiger charge is -2.37. The van der Waals surface area contributed by atoms with Crippen LogP contribution in [0.5, 0.6) is 0 Å². The van der Waals surface area contributed by atoms with Crippen LogP contribution in [0.2, 0.25) is 0 Å². The van der Waals surface area contributed by atoms with Gasteiger partial charge in [0.1, 0.15) is 12.1 Å². The summed E-state index contributed by atoms with van der Waals surface area (Å²) >= 11 is 5.09. The maximum Gasteiger partial charge on any atom is 0.245 e. The molecule has 1 saturated heterocycles. The highest BCUT2D eigenvalue weighted by Crippen LogP contribution is 2.23. The zero-order chi connectivity index (χ0) is 14.0. The van der Waals surface area contributed by atoms with E-state index in [0.717, 1.165) is 10.2 Å². The van der Waals surface area contributed by atoms with Crippen molar-refractivity contribution in [3.8, 4) is 0 Å². The van der Waals surface area contributed by atoms with E-state index in [0.29, 0.717) is 13.0 Å². The van der Waals surface area contributed by atoms with Gasteiger partial charge in [-0.05, 0) is 47.8 Å². The Kier molecular flexibility index (Phi) is 4.62. The fraction of sp³-hybridized carbons (Fsp3) is 0.538.